The third kappa shape index (κ3) is 12.8. The zero-order valence-electron chi connectivity index (χ0n) is 34.2. The summed E-state index contributed by atoms with van der Waals surface area (Å²) in [4.78, 5) is 93.6. The van der Waals surface area contributed by atoms with E-state index in [4.69, 9.17) is 20.9 Å². The van der Waals surface area contributed by atoms with Crippen LogP contribution in [0.1, 0.15) is 72.8 Å². The highest BCUT2D eigenvalue weighted by Crippen LogP contribution is 2.39. The molecule has 1 unspecified atom stereocenters. The summed E-state index contributed by atoms with van der Waals surface area (Å²) in [6.45, 7) is 11.4. The fourth-order valence-electron chi connectivity index (χ4n) is 7.17. The summed E-state index contributed by atoms with van der Waals surface area (Å²) in [5.74, 6) is -3.93. The van der Waals surface area contributed by atoms with E-state index in [1.54, 1.807) is 82.4 Å². The lowest BCUT2D eigenvalue weighted by Gasteiger charge is -2.48. The van der Waals surface area contributed by atoms with Crippen molar-refractivity contribution in [3.63, 3.8) is 0 Å². The highest BCUT2D eigenvalue weighted by molar-refractivity contribution is 5.94. The molecule has 16 heteroatoms. The predicted octanol–water partition coefficient (Wildman–Crippen LogP) is 1.47. The van der Waals surface area contributed by atoms with Gasteiger partial charge >= 0.3 is 11.9 Å². The van der Waals surface area contributed by atoms with Gasteiger partial charge in [-0.15, -0.1) is 0 Å². The summed E-state index contributed by atoms with van der Waals surface area (Å²) in [5, 5.41) is 8.38. The molecule has 1 fully saturated rings. The monoisotopic (exact) mass is 794 g/mol. The third-order valence-electron chi connectivity index (χ3n) is 10.2. The number of nitrogens with zero attached hydrogens (tertiary/aromatic N) is 2. The van der Waals surface area contributed by atoms with Gasteiger partial charge in [-0.1, -0.05) is 44.2 Å². The molecule has 57 heavy (non-hydrogen) atoms. The van der Waals surface area contributed by atoms with Crippen LogP contribution in [0.2, 0.25) is 0 Å². The maximum Gasteiger partial charge on any atom is 0.357 e. The Morgan fingerprint density at radius 2 is 1.60 bits per heavy atom. The summed E-state index contributed by atoms with van der Waals surface area (Å²) in [6.07, 6.45) is -0.410. The maximum absolute atomic E-state index is 14.8. The quantitative estimate of drug-likeness (QED) is 0.0737. The van der Waals surface area contributed by atoms with Gasteiger partial charge in [0.2, 0.25) is 23.8 Å². The molecule has 1 aliphatic heterocycles. The van der Waals surface area contributed by atoms with Crippen molar-refractivity contribution in [3.8, 4) is 5.75 Å². The minimum absolute atomic E-state index is 0.00652. The van der Waals surface area contributed by atoms with E-state index in [1.807, 2.05) is 0 Å². The molecule has 0 bridgehead atoms. The van der Waals surface area contributed by atoms with Crippen LogP contribution in [0, 0.1) is 5.92 Å². The first-order chi connectivity index (χ1) is 26.8. The van der Waals surface area contributed by atoms with Crippen molar-refractivity contribution in [2.24, 2.45) is 17.4 Å². The van der Waals surface area contributed by atoms with Gasteiger partial charge in [0.05, 0.1) is 31.1 Å². The number of likely N-dealkylation sites (tertiary alicyclic amines) is 1. The number of carbonyl (C=O) groups excluding carboxylic acids is 7. The Labute approximate surface area is 334 Å². The van der Waals surface area contributed by atoms with E-state index in [0.717, 1.165) is 19.9 Å². The molecule has 0 radical (unpaired) electrons. The van der Waals surface area contributed by atoms with Crippen LogP contribution in [0.15, 0.2) is 54.6 Å². The average molecular weight is 795 g/mol. The van der Waals surface area contributed by atoms with Gasteiger partial charge in [0.15, 0.2) is 12.6 Å². The number of carbonyl (C=O) groups is 7. The van der Waals surface area contributed by atoms with Gasteiger partial charge in [-0.2, -0.15) is 0 Å². The minimum atomic E-state index is -1.60. The zero-order chi connectivity index (χ0) is 42.5. The summed E-state index contributed by atoms with van der Waals surface area (Å²) in [5.41, 5.74) is 11.8. The number of anilines is 1. The molecule has 7 N–H and O–H groups in total. The van der Waals surface area contributed by atoms with Crippen LogP contribution >= 0.6 is 0 Å². The number of hydrogen-bond acceptors (Lipinski definition) is 10. The van der Waals surface area contributed by atoms with Crippen LogP contribution in [0.25, 0.3) is 0 Å². The van der Waals surface area contributed by atoms with Crippen LogP contribution in [-0.2, 0) is 44.7 Å². The summed E-state index contributed by atoms with van der Waals surface area (Å²) in [6, 6.07) is 11.7. The van der Waals surface area contributed by atoms with E-state index in [0.29, 0.717) is 35.8 Å². The zero-order valence-corrected chi connectivity index (χ0v) is 34.2. The molecule has 0 saturated carbocycles. The Kier molecular flexibility index (Phi) is 16.7. The van der Waals surface area contributed by atoms with Gasteiger partial charge in [0.1, 0.15) is 11.8 Å². The predicted molar refractivity (Wildman–Crippen MR) is 213 cm³/mol. The third-order valence-corrected chi connectivity index (χ3v) is 10.2. The first-order valence-corrected chi connectivity index (χ1v) is 19.3. The smallest absolute Gasteiger partial charge is 0.357 e. The first kappa shape index (κ1) is 46.0. The van der Waals surface area contributed by atoms with E-state index in [9.17, 15) is 33.6 Å². The first-order valence-electron chi connectivity index (χ1n) is 19.3. The summed E-state index contributed by atoms with van der Waals surface area (Å²) in [7, 11) is 1.66. The molecule has 3 rings (SSSR count). The number of rotatable bonds is 20. The van der Waals surface area contributed by atoms with Crippen molar-refractivity contribution >= 4 is 47.1 Å². The Balaban J connectivity index is 1.82. The van der Waals surface area contributed by atoms with E-state index >= 15 is 0 Å². The van der Waals surface area contributed by atoms with Crippen molar-refractivity contribution in [2.45, 2.75) is 103 Å². The van der Waals surface area contributed by atoms with Gasteiger partial charge in [-0.05, 0) is 75.9 Å². The molecule has 0 aliphatic carbocycles. The topological polar surface area (TPSA) is 229 Å². The number of likely N-dealkylation sites (N-methyl/N-ethyl adjacent to an activating group) is 1. The van der Waals surface area contributed by atoms with E-state index in [1.165, 1.54) is 4.90 Å². The summed E-state index contributed by atoms with van der Waals surface area (Å²) < 4.78 is 10.9. The van der Waals surface area contributed by atoms with Crippen molar-refractivity contribution in [1.82, 2.24) is 16.0 Å². The molecular formula is C41H60N7O9+. The SMILES string of the molecule is CC(=O)O[C@H](C(=O)[N+]1(C(C)(C)C)CCC[C@H]1C(N)=O)[C@H](Cc1ccccc1)NC(=O)[C@H](CC(N)=O)NC(=O)COc1ccc(N(C)C(=O)CNCCC(C)C)cc1. The van der Waals surface area contributed by atoms with E-state index in [-0.39, 0.29) is 25.4 Å². The van der Waals surface area contributed by atoms with Crippen LogP contribution < -0.4 is 37.1 Å². The molecular weight excluding hydrogens is 734 g/mol. The van der Waals surface area contributed by atoms with Crippen molar-refractivity contribution in [1.29, 1.82) is 0 Å². The number of nitrogens with two attached hydrogens (primary N) is 2. The maximum atomic E-state index is 14.8. The molecule has 2 aromatic carbocycles. The molecule has 312 valence electrons. The number of ether oxygens (including phenoxy) is 2. The van der Waals surface area contributed by atoms with Gasteiger partial charge < -0.3 is 41.8 Å². The standard InChI is InChI=1S/C41H59N7O9/c1-26(2)19-20-44-24-36(52)47(7)29-15-17-30(18-16-29)56-25-35(51)45-32(23-34(42)50)39(54)46-31(22-28-12-9-8-10-13-28)37(57-27(3)49)40(55)48(41(4,5)6)21-11-14-33(48)38(43)53/h8-10,12-13,15-18,26,31-33,37,44H,11,14,19-25H2,1-7H3,(H5-,42,43,45,46,50,51,53,54)/p+1/t31-,32-,33-,37-,48?/m0/s1. The lowest BCUT2D eigenvalue weighted by atomic mass is 9.92. The second-order valence-corrected chi connectivity index (χ2v) is 15.9. The average Bonchev–Trinajstić information content (AvgIpc) is 3.61. The second kappa shape index (κ2) is 20.7. The van der Waals surface area contributed by atoms with Gasteiger partial charge in [-0.3, -0.25) is 28.8 Å². The molecule has 2 aromatic rings. The van der Waals surface area contributed by atoms with Crippen LogP contribution in [0.4, 0.5) is 5.69 Å². The fourth-order valence-corrected chi connectivity index (χ4v) is 7.17. The molecule has 5 atom stereocenters. The number of primary amides is 2. The van der Waals surface area contributed by atoms with Gasteiger partial charge in [0.25, 0.3) is 11.8 Å². The Bertz CT molecular complexity index is 1730. The molecule has 0 spiro atoms. The molecule has 6 amide bonds. The van der Waals surface area contributed by atoms with E-state index in [2.05, 4.69) is 29.8 Å². The highest BCUT2D eigenvalue weighted by atomic mass is 16.5. The van der Waals surface area contributed by atoms with E-state index < -0.39 is 82.8 Å². The molecule has 1 heterocycles. The van der Waals surface area contributed by atoms with Crippen molar-refractivity contribution in [2.75, 3.05) is 38.2 Å². The molecule has 1 saturated heterocycles. The largest absolute Gasteiger partial charge is 0.484 e. The van der Waals surface area contributed by atoms with Crippen LogP contribution in [0.5, 0.6) is 5.75 Å². The Morgan fingerprint density at radius 1 is 0.947 bits per heavy atom. The second-order valence-electron chi connectivity index (χ2n) is 15.9. The number of quaternary nitrogens is 1. The van der Waals surface area contributed by atoms with Crippen LogP contribution in [0.3, 0.4) is 0 Å². The lowest BCUT2D eigenvalue weighted by molar-refractivity contribution is -0.904. The van der Waals surface area contributed by atoms with Gasteiger partial charge in [0, 0.05) is 32.5 Å². The van der Waals surface area contributed by atoms with Gasteiger partial charge in [-0.25, -0.2) is 9.28 Å². The minimum Gasteiger partial charge on any atom is -0.484 e. The number of esters is 1. The fraction of sp³-hybridized carbons (Fsp3) is 0.537. The van der Waals surface area contributed by atoms with Crippen LogP contribution in [-0.4, -0.2) is 109 Å². The molecule has 1 aliphatic rings. The summed E-state index contributed by atoms with van der Waals surface area (Å²) >= 11 is 0. The number of hydrogen-bond donors (Lipinski definition) is 5. The van der Waals surface area contributed by atoms with Crippen molar-refractivity contribution < 1.29 is 47.5 Å². The Hall–Kier alpha value is -5.35. The van der Waals surface area contributed by atoms with Crippen molar-refractivity contribution in [3.05, 3.63) is 60.2 Å². The molecule has 0 aromatic heterocycles. The number of nitrogens with one attached hydrogen (secondary N) is 3. The highest BCUT2D eigenvalue weighted by Gasteiger charge is 2.61. The normalized spacial score (nSPS) is 18.1. The molecule has 16 nitrogen and oxygen atoms in total. The number of amides is 6. The lowest BCUT2D eigenvalue weighted by Crippen LogP contribution is -2.73. The number of benzene rings is 2. The Morgan fingerprint density at radius 3 is 2.16 bits per heavy atom.